The van der Waals surface area contributed by atoms with Crippen LogP contribution < -0.4 is 16.8 Å². The molecule has 1 fully saturated rings. The zero-order valence-electron chi connectivity index (χ0n) is 16.8. The summed E-state index contributed by atoms with van der Waals surface area (Å²) < 4.78 is 5.21. The van der Waals surface area contributed by atoms with Crippen molar-refractivity contribution in [1.29, 1.82) is 5.41 Å². The summed E-state index contributed by atoms with van der Waals surface area (Å²) in [5.41, 5.74) is 14.5. The standard InChI is InChI=1S/C13H19N3O.C8H15NO/c1-4-17-13(15)12(9(2)14)10-5-7-11(16-3)8-6-10;9-8(6-10)7-4-2-1-3-5-7/h5-8,15-16H,4,14H2,1-3H3;6-8H,1-5,9H2/b12-9-,15-13?;. The number of rotatable bonds is 6. The number of benzene rings is 1. The second-order valence-electron chi connectivity index (χ2n) is 6.76. The van der Waals surface area contributed by atoms with Crippen molar-refractivity contribution in [3.05, 3.63) is 35.5 Å². The van der Waals surface area contributed by atoms with Gasteiger partial charge in [0.15, 0.2) is 0 Å². The number of aldehydes is 1. The Bertz CT molecular complexity index is 616. The van der Waals surface area contributed by atoms with Crippen LogP contribution in [0.1, 0.15) is 51.5 Å². The van der Waals surface area contributed by atoms with Crippen molar-refractivity contribution in [3.63, 3.8) is 0 Å². The molecule has 0 amide bonds. The van der Waals surface area contributed by atoms with Crippen LogP contribution in [-0.2, 0) is 9.53 Å². The van der Waals surface area contributed by atoms with E-state index in [0.29, 0.717) is 23.8 Å². The Balaban J connectivity index is 0.000000309. The van der Waals surface area contributed by atoms with Gasteiger partial charge in [-0.25, -0.2) is 0 Å². The third-order valence-electron chi connectivity index (χ3n) is 4.72. The maximum atomic E-state index is 10.3. The second kappa shape index (κ2) is 12.1. The summed E-state index contributed by atoms with van der Waals surface area (Å²) in [5, 5.41) is 10.9. The van der Waals surface area contributed by atoms with Crippen LogP contribution in [-0.4, -0.2) is 31.9 Å². The molecule has 6 nitrogen and oxygen atoms in total. The summed E-state index contributed by atoms with van der Waals surface area (Å²) in [6, 6.07) is 7.53. The Hall–Kier alpha value is -2.34. The molecular formula is C21H34N4O2. The van der Waals surface area contributed by atoms with Gasteiger partial charge < -0.3 is 26.3 Å². The van der Waals surface area contributed by atoms with Crippen molar-refractivity contribution in [1.82, 2.24) is 0 Å². The van der Waals surface area contributed by atoms with E-state index >= 15 is 0 Å². The van der Waals surface area contributed by atoms with Gasteiger partial charge in [0, 0.05) is 18.4 Å². The fourth-order valence-electron chi connectivity index (χ4n) is 3.19. The Morgan fingerprint density at radius 1 is 1.30 bits per heavy atom. The van der Waals surface area contributed by atoms with Crippen molar-refractivity contribution in [2.75, 3.05) is 19.0 Å². The monoisotopic (exact) mass is 374 g/mol. The van der Waals surface area contributed by atoms with Crippen LogP contribution >= 0.6 is 0 Å². The molecule has 1 atom stereocenters. The van der Waals surface area contributed by atoms with Crippen molar-refractivity contribution in [2.24, 2.45) is 17.4 Å². The Morgan fingerprint density at radius 2 is 1.89 bits per heavy atom. The Labute approximate surface area is 162 Å². The largest absolute Gasteiger partial charge is 0.478 e. The van der Waals surface area contributed by atoms with E-state index in [1.165, 1.54) is 19.3 Å². The number of carbonyl (C=O) groups excluding carboxylic acids is 1. The smallest absolute Gasteiger partial charge is 0.215 e. The van der Waals surface area contributed by atoms with Gasteiger partial charge in [0.2, 0.25) is 5.90 Å². The molecule has 1 unspecified atom stereocenters. The van der Waals surface area contributed by atoms with E-state index in [2.05, 4.69) is 5.32 Å². The van der Waals surface area contributed by atoms with E-state index in [9.17, 15) is 4.79 Å². The fraction of sp³-hybridized carbons (Fsp3) is 0.524. The third-order valence-corrected chi connectivity index (χ3v) is 4.72. The average molecular weight is 375 g/mol. The first kappa shape index (κ1) is 22.7. The van der Waals surface area contributed by atoms with Gasteiger partial charge in [0.25, 0.3) is 0 Å². The summed E-state index contributed by atoms with van der Waals surface area (Å²) in [6.07, 6.45) is 7.02. The number of allylic oxidation sites excluding steroid dienone is 1. The zero-order valence-corrected chi connectivity index (χ0v) is 16.8. The molecule has 1 aliphatic carbocycles. The van der Waals surface area contributed by atoms with E-state index in [1.807, 2.05) is 38.2 Å². The molecule has 1 saturated carbocycles. The number of nitrogens with two attached hydrogens (primary N) is 2. The molecule has 0 spiro atoms. The van der Waals surface area contributed by atoms with Gasteiger partial charge in [0.05, 0.1) is 18.2 Å². The zero-order chi connectivity index (χ0) is 20.2. The van der Waals surface area contributed by atoms with Crippen LogP contribution in [0.3, 0.4) is 0 Å². The summed E-state index contributed by atoms with van der Waals surface area (Å²) in [5.74, 6) is 0.593. The number of hydrogen-bond donors (Lipinski definition) is 4. The summed E-state index contributed by atoms with van der Waals surface area (Å²) in [7, 11) is 1.86. The van der Waals surface area contributed by atoms with Crippen LogP contribution in [0.25, 0.3) is 5.57 Å². The van der Waals surface area contributed by atoms with Crippen LogP contribution in [0.5, 0.6) is 0 Å². The van der Waals surface area contributed by atoms with E-state index in [1.54, 1.807) is 6.92 Å². The molecule has 0 saturated heterocycles. The molecule has 0 heterocycles. The molecule has 27 heavy (non-hydrogen) atoms. The number of hydrogen-bond acceptors (Lipinski definition) is 6. The molecule has 0 aromatic heterocycles. The first-order chi connectivity index (χ1) is 12.9. The quantitative estimate of drug-likeness (QED) is 0.345. The topological polar surface area (TPSA) is 114 Å². The summed E-state index contributed by atoms with van der Waals surface area (Å²) >= 11 is 0. The predicted octanol–water partition coefficient (Wildman–Crippen LogP) is 3.52. The van der Waals surface area contributed by atoms with E-state index in [4.69, 9.17) is 21.6 Å². The number of carbonyl (C=O) groups is 1. The highest BCUT2D eigenvalue weighted by Gasteiger charge is 2.19. The number of nitrogens with one attached hydrogen (secondary N) is 2. The molecule has 6 heteroatoms. The van der Waals surface area contributed by atoms with Gasteiger partial charge in [-0.05, 0) is 50.3 Å². The van der Waals surface area contributed by atoms with Crippen LogP contribution in [0.4, 0.5) is 5.69 Å². The number of anilines is 1. The first-order valence-corrected chi connectivity index (χ1v) is 9.61. The van der Waals surface area contributed by atoms with E-state index in [-0.39, 0.29) is 11.9 Å². The van der Waals surface area contributed by atoms with E-state index in [0.717, 1.165) is 30.4 Å². The molecule has 2 rings (SSSR count). The highest BCUT2D eigenvalue weighted by atomic mass is 16.5. The lowest BCUT2D eigenvalue weighted by molar-refractivity contribution is -0.110. The van der Waals surface area contributed by atoms with Gasteiger partial charge in [-0.3, -0.25) is 5.41 Å². The van der Waals surface area contributed by atoms with Crippen molar-refractivity contribution < 1.29 is 9.53 Å². The summed E-state index contributed by atoms with van der Waals surface area (Å²) in [4.78, 5) is 10.3. The lowest BCUT2D eigenvalue weighted by Crippen LogP contribution is -2.32. The molecule has 0 aliphatic heterocycles. The Morgan fingerprint density at radius 3 is 2.33 bits per heavy atom. The van der Waals surface area contributed by atoms with E-state index < -0.39 is 0 Å². The molecule has 6 N–H and O–H groups in total. The molecule has 150 valence electrons. The van der Waals surface area contributed by atoms with Gasteiger partial charge in [-0.2, -0.15) is 0 Å². The van der Waals surface area contributed by atoms with Crippen molar-refractivity contribution in [2.45, 2.75) is 52.0 Å². The number of ether oxygens (including phenoxy) is 1. The molecule has 1 aromatic rings. The van der Waals surface area contributed by atoms with Gasteiger partial charge in [0.1, 0.15) is 6.29 Å². The first-order valence-electron chi connectivity index (χ1n) is 9.61. The maximum absolute atomic E-state index is 10.3. The predicted molar refractivity (Wildman–Crippen MR) is 113 cm³/mol. The van der Waals surface area contributed by atoms with Crippen molar-refractivity contribution >= 4 is 23.4 Å². The van der Waals surface area contributed by atoms with Crippen LogP contribution in [0.15, 0.2) is 30.0 Å². The molecular weight excluding hydrogens is 340 g/mol. The normalized spacial score (nSPS) is 16.3. The minimum absolute atomic E-state index is 0.115. The SMILES string of the molecule is CCOC(=N)/C(=C(/C)N)c1ccc(NC)cc1.NC(C=O)C1CCCCC1. The minimum Gasteiger partial charge on any atom is -0.478 e. The lowest BCUT2D eigenvalue weighted by Gasteiger charge is -2.23. The molecule has 1 aliphatic rings. The van der Waals surface area contributed by atoms with Gasteiger partial charge in [-0.15, -0.1) is 0 Å². The maximum Gasteiger partial charge on any atom is 0.215 e. The second-order valence-corrected chi connectivity index (χ2v) is 6.76. The van der Waals surface area contributed by atoms with Crippen LogP contribution in [0.2, 0.25) is 0 Å². The molecule has 1 aromatic carbocycles. The van der Waals surface area contributed by atoms with Crippen LogP contribution in [0, 0.1) is 11.3 Å². The highest BCUT2D eigenvalue weighted by Crippen LogP contribution is 2.24. The fourth-order valence-corrected chi connectivity index (χ4v) is 3.19. The summed E-state index contributed by atoms with van der Waals surface area (Å²) in [6.45, 7) is 4.08. The molecule has 0 radical (unpaired) electrons. The highest BCUT2D eigenvalue weighted by molar-refractivity contribution is 6.18. The van der Waals surface area contributed by atoms with Gasteiger partial charge >= 0.3 is 0 Å². The minimum atomic E-state index is -0.194. The molecule has 0 bridgehead atoms. The van der Waals surface area contributed by atoms with Gasteiger partial charge in [-0.1, -0.05) is 31.4 Å². The lowest BCUT2D eigenvalue weighted by atomic mass is 9.85. The Kier molecular flexibility index (Phi) is 10.2. The van der Waals surface area contributed by atoms with Crippen molar-refractivity contribution in [3.8, 4) is 0 Å². The third kappa shape index (κ3) is 7.43. The average Bonchev–Trinajstić information content (AvgIpc) is 2.69.